The molecule has 0 saturated carbocycles. The molecular formula is C18H57CeN3Si6. The summed E-state index contributed by atoms with van der Waals surface area (Å²) < 4.78 is 11.2. The van der Waals surface area contributed by atoms with Crippen LogP contribution in [0, 0.1) is 41.7 Å². The zero-order chi connectivity index (χ0) is 23.1. The van der Waals surface area contributed by atoms with Crippen molar-refractivity contribution in [3.8, 4) is 0 Å². The van der Waals surface area contributed by atoms with E-state index in [-0.39, 0.29) is 41.7 Å². The van der Waals surface area contributed by atoms with Crippen molar-refractivity contribution in [2.45, 2.75) is 118 Å². The number of hydrogen-bond acceptors (Lipinski definition) is 3. The van der Waals surface area contributed by atoms with Crippen LogP contribution in [0.2, 0.25) is 118 Å². The van der Waals surface area contributed by atoms with E-state index in [0.717, 1.165) is 0 Å². The summed E-state index contributed by atoms with van der Waals surface area (Å²) in [5.74, 6) is 0. The predicted molar refractivity (Wildman–Crippen MR) is 149 cm³/mol. The van der Waals surface area contributed by atoms with Crippen LogP contribution < -0.4 is 13.9 Å². The minimum atomic E-state index is -0.981. The molecule has 0 aliphatic carbocycles. The summed E-state index contributed by atoms with van der Waals surface area (Å²) in [6.07, 6.45) is 0. The SMILES string of the molecule is C[Si](C)(C)N[Si](C)(C)C.C[Si](C)(C)N[Si](C)(C)C.C[Si](C)(C)N[Si](C)(C)C.[Ce]. The topological polar surface area (TPSA) is 36.1 Å². The third-order valence-electron chi connectivity index (χ3n) is 2.25. The van der Waals surface area contributed by atoms with E-state index in [9.17, 15) is 0 Å². The molecule has 0 bridgehead atoms. The Labute approximate surface area is 220 Å². The minimum Gasteiger partial charge on any atom is -0.360 e. The van der Waals surface area contributed by atoms with E-state index >= 15 is 0 Å². The third-order valence-corrected chi connectivity index (χ3v) is 20.2. The van der Waals surface area contributed by atoms with Crippen LogP contribution in [-0.2, 0) is 0 Å². The molecule has 0 amide bonds. The van der Waals surface area contributed by atoms with E-state index in [1.165, 1.54) is 0 Å². The maximum Gasteiger partial charge on any atom is 0.109 e. The van der Waals surface area contributed by atoms with Gasteiger partial charge in [0.1, 0.15) is 49.4 Å². The second kappa shape index (κ2) is 14.0. The van der Waals surface area contributed by atoms with Crippen LogP contribution in [0.25, 0.3) is 0 Å². The molecule has 0 aliphatic heterocycles. The van der Waals surface area contributed by atoms with Crippen molar-refractivity contribution in [2.24, 2.45) is 0 Å². The van der Waals surface area contributed by atoms with Gasteiger partial charge in [-0.15, -0.1) is 0 Å². The van der Waals surface area contributed by atoms with Crippen molar-refractivity contribution >= 4 is 49.4 Å². The molecule has 0 radical (unpaired) electrons. The molecule has 3 N–H and O–H groups in total. The van der Waals surface area contributed by atoms with Crippen molar-refractivity contribution in [1.29, 1.82) is 0 Å². The first-order valence-electron chi connectivity index (χ1n) is 10.5. The van der Waals surface area contributed by atoms with Crippen molar-refractivity contribution in [2.75, 3.05) is 0 Å². The molecule has 3 nitrogen and oxygen atoms in total. The Bertz CT molecular complexity index is 297. The van der Waals surface area contributed by atoms with Crippen molar-refractivity contribution < 1.29 is 41.7 Å². The van der Waals surface area contributed by atoms with Gasteiger partial charge in [0.15, 0.2) is 0 Å². The molecule has 0 aromatic rings. The summed E-state index contributed by atoms with van der Waals surface area (Å²) in [6.45, 7) is 42.3. The number of nitrogens with one attached hydrogen (secondary N) is 3. The van der Waals surface area contributed by atoms with Crippen LogP contribution in [0.5, 0.6) is 0 Å². The van der Waals surface area contributed by atoms with Crippen molar-refractivity contribution in [3.63, 3.8) is 0 Å². The van der Waals surface area contributed by atoms with Crippen LogP contribution in [0.15, 0.2) is 0 Å². The Morgan fingerprint density at radius 1 is 0.250 bits per heavy atom. The fourth-order valence-corrected chi connectivity index (χ4v) is 30.4. The van der Waals surface area contributed by atoms with Gasteiger partial charge >= 0.3 is 0 Å². The molecule has 10 heteroatoms. The van der Waals surface area contributed by atoms with Gasteiger partial charge in [-0.2, -0.15) is 0 Å². The van der Waals surface area contributed by atoms with Crippen LogP contribution >= 0.6 is 0 Å². The third kappa shape index (κ3) is 51.3. The molecule has 0 spiro atoms. The van der Waals surface area contributed by atoms with Gasteiger partial charge in [0.25, 0.3) is 0 Å². The maximum absolute atomic E-state index is 3.74. The molecular weight excluding hydrogens is 567 g/mol. The second-order valence-electron chi connectivity index (χ2n) is 13.9. The largest absolute Gasteiger partial charge is 0.360 e. The zero-order valence-corrected chi connectivity index (χ0v) is 32.1. The Kier molecular flexibility index (Phi) is 18.9. The Morgan fingerprint density at radius 2 is 0.321 bits per heavy atom. The molecule has 0 saturated heterocycles. The van der Waals surface area contributed by atoms with E-state index in [1.807, 2.05) is 0 Å². The smallest absolute Gasteiger partial charge is 0.109 e. The van der Waals surface area contributed by atoms with E-state index in [1.54, 1.807) is 0 Å². The van der Waals surface area contributed by atoms with Crippen LogP contribution in [0.1, 0.15) is 0 Å². The molecule has 28 heavy (non-hydrogen) atoms. The average molecular weight is 624 g/mol. The molecule has 0 heterocycles. The molecule has 0 rings (SSSR count). The Balaban J connectivity index is -0.000000152. The van der Waals surface area contributed by atoms with Gasteiger partial charge in [-0.3, -0.25) is 0 Å². The summed E-state index contributed by atoms with van der Waals surface area (Å²) in [7, 11) is -5.89. The summed E-state index contributed by atoms with van der Waals surface area (Å²) in [5, 5.41) is 0. The van der Waals surface area contributed by atoms with E-state index in [0.29, 0.717) is 0 Å². The molecule has 0 fully saturated rings. The number of hydrogen-bond donors (Lipinski definition) is 3. The second-order valence-corrected chi connectivity index (χ2v) is 43.9. The fraction of sp³-hybridized carbons (Fsp3) is 1.00. The zero-order valence-electron chi connectivity index (χ0n) is 23.0. The molecule has 0 aromatic carbocycles. The summed E-state index contributed by atoms with van der Waals surface area (Å²) in [6, 6.07) is 0. The standard InChI is InChI=1S/3C6H19NSi2.Ce/c3*1-8(2,3)7-9(4,5)6;/h3*7H,1-6H3;. The first-order valence-corrected chi connectivity index (χ1v) is 31.5. The van der Waals surface area contributed by atoms with Crippen molar-refractivity contribution in [1.82, 2.24) is 13.9 Å². The van der Waals surface area contributed by atoms with Crippen molar-refractivity contribution in [3.05, 3.63) is 0 Å². The molecule has 0 aromatic heterocycles. The normalized spacial score (nSPS) is 13.5. The first-order chi connectivity index (χ1) is 11.1. The number of rotatable bonds is 6. The van der Waals surface area contributed by atoms with Gasteiger partial charge < -0.3 is 13.9 Å². The molecule has 0 unspecified atom stereocenters. The Hall–Kier alpha value is 2.56. The average Bonchev–Trinajstić information content (AvgIpc) is 1.96. The van der Waals surface area contributed by atoms with Gasteiger partial charge in [0.2, 0.25) is 0 Å². The molecule has 0 atom stereocenters. The summed E-state index contributed by atoms with van der Waals surface area (Å²) in [5.41, 5.74) is 0. The Morgan fingerprint density at radius 3 is 0.321 bits per heavy atom. The van der Waals surface area contributed by atoms with E-state index in [4.69, 9.17) is 0 Å². The quantitative estimate of drug-likeness (QED) is 0.287. The van der Waals surface area contributed by atoms with Crippen LogP contribution in [0.3, 0.4) is 0 Å². The van der Waals surface area contributed by atoms with Gasteiger partial charge in [0, 0.05) is 41.7 Å². The summed E-state index contributed by atoms with van der Waals surface area (Å²) >= 11 is 0. The molecule has 0 aliphatic rings. The van der Waals surface area contributed by atoms with Gasteiger partial charge in [-0.1, -0.05) is 118 Å². The van der Waals surface area contributed by atoms with Gasteiger partial charge in [-0.05, 0) is 0 Å². The maximum atomic E-state index is 3.74. The fourth-order valence-electron chi connectivity index (χ4n) is 3.38. The van der Waals surface area contributed by atoms with Gasteiger partial charge in [0.05, 0.1) is 0 Å². The first kappa shape index (κ1) is 37.9. The molecule has 172 valence electrons. The minimum absolute atomic E-state index is 0. The predicted octanol–water partition coefficient (Wildman–Crippen LogP) is 6.74. The van der Waals surface area contributed by atoms with Crippen LogP contribution in [0.4, 0.5) is 0 Å². The summed E-state index contributed by atoms with van der Waals surface area (Å²) in [4.78, 5) is 0. The van der Waals surface area contributed by atoms with Gasteiger partial charge in [-0.25, -0.2) is 0 Å². The monoisotopic (exact) mass is 623 g/mol. The van der Waals surface area contributed by atoms with E-state index < -0.39 is 49.4 Å². The van der Waals surface area contributed by atoms with Crippen LogP contribution in [-0.4, -0.2) is 49.4 Å². The van der Waals surface area contributed by atoms with E-state index in [2.05, 4.69) is 132 Å².